The summed E-state index contributed by atoms with van der Waals surface area (Å²) in [5, 5.41) is 0. The number of hydrogen-bond acceptors (Lipinski definition) is 6. The van der Waals surface area contributed by atoms with E-state index in [9.17, 15) is 19.2 Å². The SMILES string of the molecule is CN(C)C(=O)C(CC(=O)OC(C)(C)C)N(C)C(=O)[C@H](C1CCCC1)N(C)C(=O)C1(N)CCCC1. The smallest absolute Gasteiger partial charge is 0.308 e. The van der Waals surface area contributed by atoms with Gasteiger partial charge in [0, 0.05) is 28.2 Å². The molecule has 0 aromatic heterocycles. The van der Waals surface area contributed by atoms with Gasteiger partial charge in [-0.15, -0.1) is 0 Å². The highest BCUT2D eigenvalue weighted by atomic mass is 16.6. The van der Waals surface area contributed by atoms with Gasteiger partial charge in [0.2, 0.25) is 17.7 Å². The van der Waals surface area contributed by atoms with Crippen LogP contribution in [0.2, 0.25) is 0 Å². The Morgan fingerprint density at radius 3 is 1.91 bits per heavy atom. The normalized spacial score (nSPS) is 19.9. The molecule has 2 atom stereocenters. The van der Waals surface area contributed by atoms with Crippen molar-refractivity contribution in [2.24, 2.45) is 11.7 Å². The maximum Gasteiger partial charge on any atom is 0.308 e. The molecule has 3 amide bonds. The maximum absolute atomic E-state index is 13.9. The van der Waals surface area contributed by atoms with E-state index in [0.717, 1.165) is 38.5 Å². The predicted molar refractivity (Wildman–Crippen MR) is 130 cm³/mol. The molecule has 0 saturated heterocycles. The summed E-state index contributed by atoms with van der Waals surface area (Å²) >= 11 is 0. The first-order chi connectivity index (χ1) is 15.7. The molecule has 2 N–H and O–H groups in total. The molecule has 2 saturated carbocycles. The number of nitrogens with zero attached hydrogens (tertiary/aromatic N) is 3. The molecule has 9 heteroatoms. The lowest BCUT2D eigenvalue weighted by Gasteiger charge is -2.40. The van der Waals surface area contributed by atoms with Crippen molar-refractivity contribution in [1.29, 1.82) is 0 Å². The zero-order chi connectivity index (χ0) is 25.8. The Bertz CT molecular complexity index is 764. The largest absolute Gasteiger partial charge is 0.460 e. The van der Waals surface area contributed by atoms with Gasteiger partial charge in [-0.25, -0.2) is 0 Å². The third kappa shape index (κ3) is 6.71. The number of rotatable bonds is 8. The minimum atomic E-state index is -1.02. The number of ether oxygens (including phenoxy) is 1. The molecule has 1 unspecified atom stereocenters. The maximum atomic E-state index is 13.9. The number of carbonyl (C=O) groups is 4. The van der Waals surface area contributed by atoms with Gasteiger partial charge in [0.05, 0.1) is 12.0 Å². The van der Waals surface area contributed by atoms with E-state index < -0.39 is 29.2 Å². The van der Waals surface area contributed by atoms with Crippen molar-refractivity contribution >= 4 is 23.7 Å². The monoisotopic (exact) mass is 480 g/mol. The second-order valence-corrected chi connectivity index (χ2v) is 11.3. The van der Waals surface area contributed by atoms with Gasteiger partial charge in [-0.1, -0.05) is 25.7 Å². The lowest BCUT2D eigenvalue weighted by molar-refractivity contribution is -0.161. The summed E-state index contributed by atoms with van der Waals surface area (Å²) in [6.45, 7) is 5.26. The molecule has 0 spiro atoms. The average Bonchev–Trinajstić information content (AvgIpc) is 3.41. The van der Waals surface area contributed by atoms with Gasteiger partial charge in [-0.3, -0.25) is 19.2 Å². The Kier molecular flexibility index (Phi) is 9.13. The predicted octanol–water partition coefficient (Wildman–Crippen LogP) is 1.92. The van der Waals surface area contributed by atoms with Crippen LogP contribution >= 0.6 is 0 Å². The van der Waals surface area contributed by atoms with E-state index in [-0.39, 0.29) is 30.1 Å². The van der Waals surface area contributed by atoms with E-state index in [1.54, 1.807) is 41.9 Å². The summed E-state index contributed by atoms with van der Waals surface area (Å²) in [5.41, 5.74) is 4.80. The van der Waals surface area contributed by atoms with Gasteiger partial charge in [-0.2, -0.15) is 0 Å². The Balaban J connectivity index is 2.33. The van der Waals surface area contributed by atoms with Crippen LogP contribution in [0.5, 0.6) is 0 Å². The Hall–Kier alpha value is -2.16. The molecule has 0 aromatic rings. The number of hydrogen-bond donors (Lipinski definition) is 1. The summed E-state index contributed by atoms with van der Waals surface area (Å²) in [4.78, 5) is 57.2. The zero-order valence-electron chi connectivity index (χ0n) is 22.1. The highest BCUT2D eigenvalue weighted by molar-refractivity contribution is 5.95. The summed E-state index contributed by atoms with van der Waals surface area (Å²) in [6, 6.07) is -1.75. The van der Waals surface area contributed by atoms with Crippen molar-refractivity contribution in [1.82, 2.24) is 14.7 Å². The van der Waals surface area contributed by atoms with Crippen LogP contribution in [0.1, 0.15) is 78.6 Å². The molecule has 9 nitrogen and oxygen atoms in total. The highest BCUT2D eigenvalue weighted by Crippen LogP contribution is 2.34. The molecule has 2 rings (SSSR count). The molecular formula is C25H44N4O5. The number of carbonyl (C=O) groups excluding carboxylic acids is 4. The van der Waals surface area contributed by atoms with Gasteiger partial charge in [0.25, 0.3) is 0 Å². The van der Waals surface area contributed by atoms with E-state index in [1.165, 1.54) is 21.7 Å². The topological polar surface area (TPSA) is 113 Å². The quantitative estimate of drug-likeness (QED) is 0.531. The van der Waals surface area contributed by atoms with Gasteiger partial charge in [0.1, 0.15) is 17.7 Å². The second kappa shape index (κ2) is 11.1. The van der Waals surface area contributed by atoms with Crippen molar-refractivity contribution in [2.75, 3.05) is 28.2 Å². The molecule has 2 aliphatic carbocycles. The van der Waals surface area contributed by atoms with Gasteiger partial charge in [0.15, 0.2) is 0 Å². The van der Waals surface area contributed by atoms with Crippen LogP contribution in [0.3, 0.4) is 0 Å². The lowest BCUT2D eigenvalue weighted by atomic mass is 9.91. The van der Waals surface area contributed by atoms with Crippen LogP contribution in [0.25, 0.3) is 0 Å². The van der Waals surface area contributed by atoms with Crippen molar-refractivity contribution < 1.29 is 23.9 Å². The van der Waals surface area contributed by atoms with Crippen molar-refractivity contribution in [3.05, 3.63) is 0 Å². The minimum absolute atomic E-state index is 0.00876. The first-order valence-corrected chi connectivity index (χ1v) is 12.4. The molecule has 0 radical (unpaired) electrons. The number of likely N-dealkylation sites (N-methyl/N-ethyl adjacent to an activating group) is 3. The van der Waals surface area contributed by atoms with Crippen LogP contribution in [0.4, 0.5) is 0 Å². The molecule has 0 aliphatic heterocycles. The average molecular weight is 481 g/mol. The van der Waals surface area contributed by atoms with E-state index in [2.05, 4.69) is 0 Å². The Morgan fingerprint density at radius 1 is 0.912 bits per heavy atom. The van der Waals surface area contributed by atoms with Crippen LogP contribution < -0.4 is 5.73 Å². The fourth-order valence-electron chi connectivity index (χ4n) is 5.25. The molecule has 2 fully saturated rings. The first-order valence-electron chi connectivity index (χ1n) is 12.4. The third-order valence-electron chi connectivity index (χ3n) is 7.08. The van der Waals surface area contributed by atoms with E-state index in [4.69, 9.17) is 10.5 Å². The standard InChI is InChI=1S/C25H44N4O5/c1-24(2,3)34-19(30)16-18(21(31)27(4)5)28(6)22(32)20(17-12-8-9-13-17)29(7)23(33)25(26)14-10-11-15-25/h17-18,20H,8-16,26H2,1-7H3/t18?,20-/m0/s1. The highest BCUT2D eigenvalue weighted by Gasteiger charge is 2.46. The summed E-state index contributed by atoms with van der Waals surface area (Å²) in [5.74, 6) is -1.49. The van der Waals surface area contributed by atoms with Gasteiger partial charge >= 0.3 is 5.97 Å². The third-order valence-corrected chi connectivity index (χ3v) is 7.08. The van der Waals surface area contributed by atoms with Gasteiger partial charge < -0.3 is 25.2 Å². The summed E-state index contributed by atoms with van der Waals surface area (Å²) in [7, 11) is 6.36. The van der Waals surface area contributed by atoms with Gasteiger partial charge in [-0.05, 0) is 52.4 Å². The van der Waals surface area contributed by atoms with Crippen LogP contribution in [0, 0.1) is 5.92 Å². The molecule has 194 valence electrons. The Labute approximate surface area is 204 Å². The van der Waals surface area contributed by atoms with Crippen LogP contribution in [-0.4, -0.2) is 89.8 Å². The van der Waals surface area contributed by atoms with Crippen molar-refractivity contribution in [3.63, 3.8) is 0 Å². The van der Waals surface area contributed by atoms with Crippen LogP contribution in [0.15, 0.2) is 0 Å². The zero-order valence-corrected chi connectivity index (χ0v) is 22.1. The molecule has 34 heavy (non-hydrogen) atoms. The first kappa shape index (κ1) is 28.1. The van der Waals surface area contributed by atoms with Crippen LogP contribution in [-0.2, 0) is 23.9 Å². The molecule has 0 heterocycles. The number of nitrogens with two attached hydrogens (primary N) is 1. The molecule has 0 bridgehead atoms. The summed E-state index contributed by atoms with van der Waals surface area (Å²) in [6.07, 6.45) is 6.40. The summed E-state index contributed by atoms with van der Waals surface area (Å²) < 4.78 is 5.43. The fraction of sp³-hybridized carbons (Fsp3) is 0.840. The Morgan fingerprint density at radius 2 is 1.44 bits per heavy atom. The molecular weight excluding hydrogens is 436 g/mol. The minimum Gasteiger partial charge on any atom is -0.460 e. The molecule has 0 aromatic carbocycles. The van der Waals surface area contributed by atoms with E-state index in [1.807, 2.05) is 0 Å². The van der Waals surface area contributed by atoms with E-state index >= 15 is 0 Å². The van der Waals surface area contributed by atoms with Crippen molar-refractivity contribution in [3.8, 4) is 0 Å². The fourth-order valence-corrected chi connectivity index (χ4v) is 5.25. The number of esters is 1. The molecule has 2 aliphatic rings. The second-order valence-electron chi connectivity index (χ2n) is 11.3. The van der Waals surface area contributed by atoms with E-state index in [0.29, 0.717) is 12.8 Å². The lowest BCUT2D eigenvalue weighted by Crippen LogP contribution is -2.61. The number of amides is 3. The van der Waals surface area contributed by atoms with Crippen molar-refractivity contribution in [2.45, 2.75) is 102 Å².